The van der Waals surface area contributed by atoms with E-state index in [0.717, 1.165) is 16.7 Å². The normalized spacial score (nSPS) is 10.7. The van der Waals surface area contributed by atoms with Crippen LogP contribution in [0.25, 0.3) is 0 Å². The molecule has 0 radical (unpaired) electrons. The third kappa shape index (κ3) is 6.66. The Kier molecular flexibility index (Phi) is 7.91. The fraction of sp³-hybridized carbons (Fsp3) is 0.167. The summed E-state index contributed by atoms with van der Waals surface area (Å²) in [7, 11) is 0. The Labute approximate surface area is 185 Å². The largest absolute Gasteiger partial charge is 0.490 e. The molecule has 8 nitrogen and oxygen atoms in total. The number of hydrogen-bond donors (Lipinski definition) is 1. The van der Waals surface area contributed by atoms with Crippen LogP contribution in [0.5, 0.6) is 11.5 Å². The molecule has 0 aliphatic carbocycles. The lowest BCUT2D eigenvalue weighted by atomic mass is 10.1. The number of carbonyl (C=O) groups excluding carboxylic acids is 1. The Morgan fingerprint density at radius 3 is 2.44 bits per heavy atom. The molecule has 32 heavy (non-hydrogen) atoms. The van der Waals surface area contributed by atoms with Crippen molar-refractivity contribution in [1.29, 1.82) is 0 Å². The smallest absolute Gasteiger partial charge is 0.269 e. The van der Waals surface area contributed by atoms with Gasteiger partial charge in [0.15, 0.2) is 11.5 Å². The highest BCUT2D eigenvalue weighted by molar-refractivity contribution is 5.84. The number of nitro benzene ring substituents is 1. The molecule has 0 unspecified atom stereocenters. The molecule has 3 rings (SSSR count). The van der Waals surface area contributed by atoms with Crippen molar-refractivity contribution in [3.63, 3.8) is 0 Å². The lowest BCUT2D eigenvalue weighted by molar-refractivity contribution is -0.384. The number of hydrogen-bond acceptors (Lipinski definition) is 6. The summed E-state index contributed by atoms with van der Waals surface area (Å²) in [6.07, 6.45) is 1.78. The Balaban J connectivity index is 1.60. The summed E-state index contributed by atoms with van der Waals surface area (Å²) in [5.41, 5.74) is 4.99. The van der Waals surface area contributed by atoms with E-state index in [2.05, 4.69) is 10.5 Å². The van der Waals surface area contributed by atoms with Gasteiger partial charge in [0.25, 0.3) is 5.69 Å². The number of nitrogens with zero attached hydrogens (tertiary/aromatic N) is 2. The Morgan fingerprint density at radius 1 is 1.00 bits per heavy atom. The van der Waals surface area contributed by atoms with Crippen LogP contribution in [-0.4, -0.2) is 23.7 Å². The van der Waals surface area contributed by atoms with Gasteiger partial charge >= 0.3 is 0 Å². The van der Waals surface area contributed by atoms with E-state index >= 15 is 0 Å². The number of non-ortho nitro benzene ring substituents is 1. The van der Waals surface area contributed by atoms with Gasteiger partial charge in [0.1, 0.15) is 6.61 Å². The second kappa shape index (κ2) is 11.3. The van der Waals surface area contributed by atoms with Crippen LogP contribution in [0.1, 0.15) is 23.6 Å². The third-order valence-corrected chi connectivity index (χ3v) is 4.42. The summed E-state index contributed by atoms with van der Waals surface area (Å²) in [6.45, 7) is 2.55. The monoisotopic (exact) mass is 433 g/mol. The Morgan fingerprint density at radius 2 is 1.75 bits per heavy atom. The SMILES string of the molecule is CCOc1cc(/C=N\NC(=O)Cc2ccccc2)ccc1OCc1ccc([N+](=O)[O-])cc1. The van der Waals surface area contributed by atoms with Gasteiger partial charge in [-0.2, -0.15) is 5.10 Å². The number of hydrazone groups is 1. The summed E-state index contributed by atoms with van der Waals surface area (Å²) >= 11 is 0. The molecule has 0 saturated carbocycles. The zero-order valence-electron chi connectivity index (χ0n) is 17.6. The number of ether oxygens (including phenoxy) is 2. The molecule has 1 amide bonds. The van der Waals surface area contributed by atoms with Crippen molar-refractivity contribution in [2.45, 2.75) is 20.0 Å². The molecule has 1 N–H and O–H groups in total. The third-order valence-electron chi connectivity index (χ3n) is 4.42. The molecule has 0 saturated heterocycles. The molecule has 164 valence electrons. The fourth-order valence-electron chi connectivity index (χ4n) is 2.87. The van der Waals surface area contributed by atoms with Gasteiger partial charge in [-0.05, 0) is 53.9 Å². The predicted octanol–water partition coefficient (Wildman–Crippen LogP) is 4.27. The zero-order chi connectivity index (χ0) is 22.8. The standard InChI is InChI=1S/C24H23N3O5/c1-2-31-23-14-20(16-25-26-24(28)15-18-6-4-3-5-7-18)10-13-22(23)32-17-19-8-11-21(12-9-19)27(29)30/h3-14,16H,2,15,17H2,1H3,(H,26,28)/b25-16-. The lowest BCUT2D eigenvalue weighted by Crippen LogP contribution is -2.19. The fourth-order valence-corrected chi connectivity index (χ4v) is 2.87. The van der Waals surface area contributed by atoms with Crippen LogP contribution in [0.2, 0.25) is 0 Å². The van der Waals surface area contributed by atoms with E-state index in [9.17, 15) is 14.9 Å². The molecule has 3 aromatic carbocycles. The molecule has 0 aliphatic heterocycles. The van der Waals surface area contributed by atoms with Gasteiger partial charge in [0, 0.05) is 12.1 Å². The average Bonchev–Trinajstić information content (AvgIpc) is 2.79. The maximum atomic E-state index is 12.0. The van der Waals surface area contributed by atoms with Crippen LogP contribution < -0.4 is 14.9 Å². The number of amides is 1. The molecule has 0 bridgehead atoms. The summed E-state index contributed by atoms with van der Waals surface area (Å²) in [6, 6.07) is 20.9. The maximum absolute atomic E-state index is 12.0. The first-order valence-electron chi connectivity index (χ1n) is 10.0. The van der Waals surface area contributed by atoms with Crippen LogP contribution in [0, 0.1) is 10.1 Å². The van der Waals surface area contributed by atoms with E-state index in [1.807, 2.05) is 37.3 Å². The quantitative estimate of drug-likeness (QED) is 0.292. The van der Waals surface area contributed by atoms with Crippen molar-refractivity contribution >= 4 is 17.8 Å². The van der Waals surface area contributed by atoms with Gasteiger partial charge in [-0.3, -0.25) is 14.9 Å². The minimum Gasteiger partial charge on any atom is -0.490 e. The van der Waals surface area contributed by atoms with Gasteiger partial charge in [-0.25, -0.2) is 5.43 Å². The first-order valence-corrected chi connectivity index (χ1v) is 10.0. The van der Waals surface area contributed by atoms with Crippen molar-refractivity contribution < 1.29 is 19.2 Å². The topological polar surface area (TPSA) is 103 Å². The van der Waals surface area contributed by atoms with Crippen LogP contribution >= 0.6 is 0 Å². The molecule has 0 fully saturated rings. The Hall–Kier alpha value is -4.20. The Bertz CT molecular complexity index is 1080. The van der Waals surface area contributed by atoms with Gasteiger partial charge in [0.2, 0.25) is 5.91 Å². The molecule has 0 atom stereocenters. The van der Waals surface area contributed by atoms with Crippen LogP contribution in [-0.2, 0) is 17.8 Å². The van der Waals surface area contributed by atoms with Crippen molar-refractivity contribution in [2.75, 3.05) is 6.61 Å². The van der Waals surface area contributed by atoms with Crippen molar-refractivity contribution in [2.24, 2.45) is 5.10 Å². The van der Waals surface area contributed by atoms with Gasteiger partial charge < -0.3 is 9.47 Å². The minimum absolute atomic E-state index is 0.0308. The highest BCUT2D eigenvalue weighted by atomic mass is 16.6. The maximum Gasteiger partial charge on any atom is 0.269 e. The second-order valence-electron chi connectivity index (χ2n) is 6.81. The first-order chi connectivity index (χ1) is 15.5. The predicted molar refractivity (Wildman–Crippen MR) is 121 cm³/mol. The first kappa shape index (κ1) is 22.5. The number of carbonyl (C=O) groups is 1. The van der Waals surface area contributed by atoms with Gasteiger partial charge in [-0.1, -0.05) is 30.3 Å². The molecule has 0 heterocycles. The van der Waals surface area contributed by atoms with E-state index < -0.39 is 4.92 Å². The molecule has 0 aromatic heterocycles. The average molecular weight is 433 g/mol. The number of nitro groups is 1. The van der Waals surface area contributed by atoms with Crippen molar-refractivity contribution in [3.05, 3.63) is 99.6 Å². The highest BCUT2D eigenvalue weighted by Crippen LogP contribution is 2.29. The van der Waals surface area contributed by atoms with Crippen molar-refractivity contribution in [1.82, 2.24) is 5.43 Å². The number of benzene rings is 3. The number of rotatable bonds is 10. The van der Waals surface area contributed by atoms with E-state index in [4.69, 9.17) is 9.47 Å². The zero-order valence-corrected chi connectivity index (χ0v) is 17.6. The summed E-state index contributed by atoms with van der Waals surface area (Å²) in [5.74, 6) is 0.866. The molecular weight excluding hydrogens is 410 g/mol. The molecule has 3 aromatic rings. The van der Waals surface area contributed by atoms with E-state index in [0.29, 0.717) is 18.1 Å². The summed E-state index contributed by atoms with van der Waals surface area (Å²) < 4.78 is 11.5. The highest BCUT2D eigenvalue weighted by Gasteiger charge is 2.08. The molecular formula is C24H23N3O5. The van der Waals surface area contributed by atoms with Gasteiger partial charge in [-0.15, -0.1) is 0 Å². The van der Waals surface area contributed by atoms with E-state index in [1.54, 1.807) is 30.3 Å². The minimum atomic E-state index is -0.442. The lowest BCUT2D eigenvalue weighted by Gasteiger charge is -2.12. The summed E-state index contributed by atoms with van der Waals surface area (Å²) in [4.78, 5) is 22.3. The molecule has 8 heteroatoms. The van der Waals surface area contributed by atoms with E-state index in [-0.39, 0.29) is 24.6 Å². The molecule has 0 spiro atoms. The number of nitrogens with one attached hydrogen (secondary N) is 1. The molecule has 0 aliphatic rings. The van der Waals surface area contributed by atoms with E-state index in [1.165, 1.54) is 18.3 Å². The van der Waals surface area contributed by atoms with Gasteiger partial charge in [0.05, 0.1) is 24.2 Å². The van der Waals surface area contributed by atoms with Crippen LogP contribution in [0.3, 0.4) is 0 Å². The second-order valence-corrected chi connectivity index (χ2v) is 6.81. The van der Waals surface area contributed by atoms with Crippen LogP contribution in [0.4, 0.5) is 5.69 Å². The van der Waals surface area contributed by atoms with Crippen LogP contribution in [0.15, 0.2) is 77.9 Å². The van der Waals surface area contributed by atoms with Crippen molar-refractivity contribution in [3.8, 4) is 11.5 Å². The summed E-state index contributed by atoms with van der Waals surface area (Å²) in [5, 5.41) is 14.8.